The molecule has 1 amide bonds. The van der Waals surface area contributed by atoms with Gasteiger partial charge in [-0.05, 0) is 73.4 Å². The molecule has 1 N–H and O–H groups in total. The summed E-state index contributed by atoms with van der Waals surface area (Å²) < 4.78 is 29.8. The van der Waals surface area contributed by atoms with Crippen LogP contribution in [0, 0.1) is 0 Å². The van der Waals surface area contributed by atoms with E-state index in [2.05, 4.69) is 36.6 Å². The van der Waals surface area contributed by atoms with Gasteiger partial charge in [0.2, 0.25) is 10.0 Å². The van der Waals surface area contributed by atoms with Gasteiger partial charge in [0.25, 0.3) is 5.91 Å². The fourth-order valence-corrected chi connectivity index (χ4v) is 6.14. The van der Waals surface area contributed by atoms with E-state index < -0.39 is 10.0 Å². The van der Waals surface area contributed by atoms with Crippen molar-refractivity contribution in [2.24, 2.45) is 0 Å². The first kappa shape index (κ1) is 25.8. The second-order valence-electron chi connectivity index (χ2n) is 8.57. The summed E-state index contributed by atoms with van der Waals surface area (Å²) in [7, 11) is -3.73. The summed E-state index contributed by atoms with van der Waals surface area (Å²) in [6.45, 7) is 4.07. The van der Waals surface area contributed by atoms with Gasteiger partial charge in [-0.3, -0.25) is 9.59 Å². The maximum atomic E-state index is 13.3. The Bertz CT molecular complexity index is 1390. The largest absolute Gasteiger partial charge is 0.331 e. The van der Waals surface area contributed by atoms with Gasteiger partial charge < -0.3 is 4.90 Å². The fourth-order valence-electron chi connectivity index (χ4n) is 4.09. The van der Waals surface area contributed by atoms with E-state index in [0.717, 1.165) is 26.5 Å². The summed E-state index contributed by atoms with van der Waals surface area (Å²) in [5, 5.41) is 0. The minimum atomic E-state index is -3.73. The van der Waals surface area contributed by atoms with Crippen LogP contribution in [-0.4, -0.2) is 31.0 Å². The second kappa shape index (κ2) is 10.3. The molecule has 1 heterocycles. The van der Waals surface area contributed by atoms with Crippen molar-refractivity contribution in [1.29, 1.82) is 0 Å². The number of sulfonamides is 1. The molecule has 0 aliphatic carbocycles. The number of Topliss-reactive ketones (excluding diaryl/α,β-unsaturated/α-hetero) is 1. The van der Waals surface area contributed by atoms with E-state index in [-0.39, 0.29) is 29.2 Å². The number of carbonyl (C=O) groups is 2. The number of halogens is 2. The molecule has 0 spiro atoms. The van der Waals surface area contributed by atoms with Crippen LogP contribution in [-0.2, 0) is 29.5 Å². The number of ketones is 1. The van der Waals surface area contributed by atoms with Gasteiger partial charge >= 0.3 is 0 Å². The zero-order valence-electron chi connectivity index (χ0n) is 19.2. The molecule has 1 atom stereocenters. The third-order valence-electron chi connectivity index (χ3n) is 6.18. The van der Waals surface area contributed by atoms with Crippen LogP contribution < -0.4 is 4.72 Å². The first-order valence-corrected chi connectivity index (χ1v) is 14.1. The molecular weight excluding hydrogens is 596 g/mol. The lowest BCUT2D eigenvalue weighted by atomic mass is 9.94. The van der Waals surface area contributed by atoms with E-state index in [9.17, 15) is 18.0 Å². The Hall–Kier alpha value is -2.33. The van der Waals surface area contributed by atoms with Crippen LogP contribution in [0.4, 0.5) is 0 Å². The molecule has 0 fully saturated rings. The Labute approximate surface area is 222 Å². The molecule has 0 bridgehead atoms. The van der Waals surface area contributed by atoms with Crippen LogP contribution >= 0.6 is 31.9 Å². The highest BCUT2D eigenvalue weighted by atomic mass is 79.9. The number of hydrogen-bond acceptors (Lipinski definition) is 4. The molecule has 0 radical (unpaired) electrons. The number of rotatable bonds is 6. The normalized spacial score (nSPS) is 15.5. The molecule has 35 heavy (non-hydrogen) atoms. The van der Waals surface area contributed by atoms with Crippen LogP contribution in [0.2, 0.25) is 0 Å². The molecule has 1 aliphatic heterocycles. The molecule has 4 rings (SSSR count). The fraction of sp³-hybridized carbons (Fsp3) is 0.231. The Kier molecular flexibility index (Phi) is 7.61. The van der Waals surface area contributed by atoms with Crippen LogP contribution in [0.5, 0.6) is 0 Å². The third kappa shape index (κ3) is 5.58. The van der Waals surface area contributed by atoms with E-state index in [0.29, 0.717) is 17.7 Å². The summed E-state index contributed by atoms with van der Waals surface area (Å²) >= 11 is 7.23. The zero-order valence-corrected chi connectivity index (χ0v) is 23.2. The second-order valence-corrected chi connectivity index (χ2v) is 12.1. The lowest BCUT2D eigenvalue weighted by molar-refractivity contribution is 0.0657. The number of hydrogen-bond donors (Lipinski definition) is 1. The molecule has 6 nitrogen and oxygen atoms in total. The average Bonchev–Trinajstić information content (AvgIpc) is 2.85. The highest BCUT2D eigenvalue weighted by Crippen LogP contribution is 2.34. The predicted molar refractivity (Wildman–Crippen MR) is 142 cm³/mol. The number of nitrogens with zero attached hydrogens (tertiary/aromatic N) is 1. The topological polar surface area (TPSA) is 83.5 Å². The zero-order chi connectivity index (χ0) is 25.3. The molecule has 3 aromatic carbocycles. The van der Waals surface area contributed by atoms with Crippen LogP contribution in [0.15, 0.2) is 74.5 Å². The Balaban J connectivity index is 1.43. The first-order valence-electron chi connectivity index (χ1n) is 11.0. The van der Waals surface area contributed by atoms with Crippen LogP contribution in [0.3, 0.4) is 0 Å². The highest BCUT2D eigenvalue weighted by molar-refractivity contribution is 9.11. The van der Waals surface area contributed by atoms with E-state index in [1.165, 1.54) is 36.8 Å². The lowest BCUT2D eigenvalue weighted by Crippen LogP contribution is -2.42. The molecule has 0 saturated heterocycles. The Morgan fingerprint density at radius 3 is 2.09 bits per heavy atom. The number of benzene rings is 3. The van der Waals surface area contributed by atoms with Crippen LogP contribution in [0.1, 0.15) is 51.3 Å². The monoisotopic (exact) mass is 618 g/mol. The lowest BCUT2D eigenvalue weighted by Gasteiger charge is -2.36. The van der Waals surface area contributed by atoms with Crippen molar-refractivity contribution in [3.63, 3.8) is 0 Å². The Morgan fingerprint density at radius 2 is 1.49 bits per heavy atom. The molecule has 1 aliphatic rings. The van der Waals surface area contributed by atoms with Crippen molar-refractivity contribution in [3.05, 3.63) is 97.4 Å². The van der Waals surface area contributed by atoms with Crippen molar-refractivity contribution in [2.75, 3.05) is 0 Å². The average molecular weight is 620 g/mol. The summed E-state index contributed by atoms with van der Waals surface area (Å²) in [5.41, 5.74) is 4.06. The maximum Gasteiger partial charge on any atom is 0.254 e. The number of nitrogens with one attached hydrogen (secondary N) is 1. The summed E-state index contributed by atoms with van der Waals surface area (Å²) in [6, 6.07) is 16.8. The number of carbonyl (C=O) groups excluding carboxylic acids is 2. The van der Waals surface area contributed by atoms with Gasteiger partial charge in [-0.1, -0.05) is 56.1 Å². The third-order valence-corrected chi connectivity index (χ3v) is 9.08. The van der Waals surface area contributed by atoms with Gasteiger partial charge in [0.05, 0.1) is 4.90 Å². The van der Waals surface area contributed by atoms with Gasteiger partial charge in [0.15, 0.2) is 5.78 Å². The quantitative estimate of drug-likeness (QED) is 0.371. The van der Waals surface area contributed by atoms with Gasteiger partial charge in [0.1, 0.15) is 0 Å². The minimum Gasteiger partial charge on any atom is -0.331 e. The van der Waals surface area contributed by atoms with Crippen molar-refractivity contribution in [3.8, 4) is 0 Å². The van der Waals surface area contributed by atoms with E-state index in [1.54, 1.807) is 24.3 Å². The molecular formula is C26H24Br2N2O4S. The predicted octanol–water partition coefficient (Wildman–Crippen LogP) is 5.48. The van der Waals surface area contributed by atoms with E-state index in [1.807, 2.05) is 24.0 Å². The molecule has 182 valence electrons. The van der Waals surface area contributed by atoms with Crippen molar-refractivity contribution >= 4 is 53.6 Å². The van der Waals surface area contributed by atoms with Crippen molar-refractivity contribution in [1.82, 2.24) is 9.62 Å². The Morgan fingerprint density at radius 1 is 0.914 bits per heavy atom. The van der Waals surface area contributed by atoms with Crippen LogP contribution in [0.25, 0.3) is 0 Å². The number of amides is 1. The molecule has 0 saturated carbocycles. The highest BCUT2D eigenvalue weighted by Gasteiger charge is 2.30. The smallest absolute Gasteiger partial charge is 0.254 e. The summed E-state index contributed by atoms with van der Waals surface area (Å²) in [6.07, 6.45) is 0.758. The minimum absolute atomic E-state index is 0.0430. The number of fused-ring (bicyclic) bond motifs is 1. The molecule has 1 unspecified atom stereocenters. The molecule has 0 aromatic heterocycles. The van der Waals surface area contributed by atoms with E-state index >= 15 is 0 Å². The standard InChI is InChI=1S/C26H24Br2N2O4S/c1-16-13-22-23(25(28)12-11-24(22)27)15-30(16)26(32)20-5-3-18(4-6-20)14-29-35(33,34)21-9-7-19(8-10-21)17(2)31/h3-12,16,29H,13-15H2,1-2H3. The van der Waals surface area contributed by atoms with Gasteiger partial charge in [-0.2, -0.15) is 0 Å². The summed E-state index contributed by atoms with van der Waals surface area (Å²) in [4.78, 5) is 26.6. The van der Waals surface area contributed by atoms with Crippen molar-refractivity contribution < 1.29 is 18.0 Å². The van der Waals surface area contributed by atoms with E-state index in [4.69, 9.17) is 0 Å². The summed E-state index contributed by atoms with van der Waals surface area (Å²) in [5.74, 6) is -0.187. The van der Waals surface area contributed by atoms with Gasteiger partial charge in [-0.15, -0.1) is 0 Å². The SMILES string of the molecule is CC(=O)c1ccc(S(=O)(=O)NCc2ccc(C(=O)N3Cc4c(Br)ccc(Br)c4CC3C)cc2)cc1. The van der Waals surface area contributed by atoms with Gasteiger partial charge in [-0.25, -0.2) is 13.1 Å². The van der Waals surface area contributed by atoms with Gasteiger partial charge in [0, 0.05) is 39.2 Å². The first-order chi connectivity index (χ1) is 16.6. The molecule has 9 heteroatoms. The van der Waals surface area contributed by atoms with Crippen molar-refractivity contribution in [2.45, 2.75) is 44.3 Å². The maximum absolute atomic E-state index is 13.3. The molecule has 3 aromatic rings.